The highest BCUT2D eigenvalue weighted by atomic mass is 32.1. The summed E-state index contributed by atoms with van der Waals surface area (Å²) in [6.45, 7) is 0. The first kappa shape index (κ1) is 8.31. The zero-order valence-electron chi connectivity index (χ0n) is 7.50. The van der Waals surface area contributed by atoms with Crippen LogP contribution in [0.1, 0.15) is 0 Å². The van der Waals surface area contributed by atoms with Gasteiger partial charge in [-0.3, -0.25) is 0 Å². The molecule has 1 N–H and O–H groups in total. The number of benzene rings is 1. The number of imidazole rings is 1. The van der Waals surface area contributed by atoms with Crippen LogP contribution in [0.25, 0.3) is 11.0 Å². The van der Waals surface area contributed by atoms with E-state index in [0.29, 0.717) is 0 Å². The van der Waals surface area contributed by atoms with E-state index in [2.05, 4.69) is 4.98 Å². The molecule has 0 spiro atoms. The third-order valence-electron chi connectivity index (χ3n) is 2.11. The molecule has 0 aliphatic rings. The van der Waals surface area contributed by atoms with Crippen LogP contribution in [0.2, 0.25) is 0 Å². The number of hydrogen-bond acceptors (Lipinski definition) is 2. The molecule has 1 aromatic carbocycles. The van der Waals surface area contributed by atoms with Gasteiger partial charge in [-0.05, 0) is 24.4 Å². The van der Waals surface area contributed by atoms with Crippen molar-refractivity contribution in [1.82, 2.24) is 9.55 Å². The van der Waals surface area contributed by atoms with Crippen LogP contribution in [0.4, 0.5) is 0 Å². The monoisotopic (exact) mass is 194 g/mol. The Morgan fingerprint density at radius 1 is 1.46 bits per heavy atom. The van der Waals surface area contributed by atoms with Crippen molar-refractivity contribution >= 4 is 23.3 Å². The average molecular weight is 194 g/mol. The maximum absolute atomic E-state index is 5.13. The van der Waals surface area contributed by atoms with Gasteiger partial charge in [0.05, 0.1) is 18.1 Å². The van der Waals surface area contributed by atoms with E-state index in [9.17, 15) is 0 Å². The number of ether oxygens (including phenoxy) is 1. The predicted octanol–water partition coefficient (Wildman–Crippen LogP) is 2.24. The fourth-order valence-corrected chi connectivity index (χ4v) is 1.54. The topological polar surface area (TPSA) is 29.9 Å². The molecule has 1 aromatic heterocycles. The van der Waals surface area contributed by atoms with Gasteiger partial charge in [0.1, 0.15) is 5.75 Å². The number of hydrogen-bond donors (Lipinski definition) is 1. The van der Waals surface area contributed by atoms with Crippen molar-refractivity contribution in [3.63, 3.8) is 0 Å². The molecule has 0 atom stereocenters. The van der Waals surface area contributed by atoms with Gasteiger partial charge in [-0.25, -0.2) is 0 Å². The molecule has 0 amide bonds. The summed E-state index contributed by atoms with van der Waals surface area (Å²) in [5, 5.41) is 0. The van der Waals surface area contributed by atoms with E-state index in [1.54, 1.807) is 7.11 Å². The maximum atomic E-state index is 5.13. The van der Waals surface area contributed by atoms with E-state index in [4.69, 9.17) is 17.0 Å². The van der Waals surface area contributed by atoms with Gasteiger partial charge in [-0.15, -0.1) is 0 Å². The Morgan fingerprint density at radius 2 is 2.23 bits per heavy atom. The molecular weight excluding hydrogens is 184 g/mol. The number of aryl methyl sites for hydroxylation is 1. The summed E-state index contributed by atoms with van der Waals surface area (Å²) in [6.07, 6.45) is 0. The molecule has 3 nitrogen and oxygen atoms in total. The van der Waals surface area contributed by atoms with Gasteiger partial charge >= 0.3 is 0 Å². The Kier molecular flexibility index (Phi) is 1.84. The summed E-state index contributed by atoms with van der Waals surface area (Å²) in [4.78, 5) is 3.10. The molecule has 68 valence electrons. The number of aromatic nitrogens is 2. The van der Waals surface area contributed by atoms with E-state index in [-0.39, 0.29) is 0 Å². The molecule has 0 aliphatic heterocycles. The van der Waals surface area contributed by atoms with Gasteiger partial charge in [0.25, 0.3) is 0 Å². The smallest absolute Gasteiger partial charge is 0.177 e. The molecular formula is C9H10N2OS. The van der Waals surface area contributed by atoms with Crippen LogP contribution >= 0.6 is 12.2 Å². The lowest BCUT2D eigenvalue weighted by Crippen LogP contribution is -1.87. The number of nitrogens with zero attached hydrogens (tertiary/aromatic N) is 1. The van der Waals surface area contributed by atoms with Crippen molar-refractivity contribution in [2.75, 3.05) is 7.11 Å². The van der Waals surface area contributed by atoms with Crippen molar-refractivity contribution < 1.29 is 4.74 Å². The average Bonchev–Trinajstić information content (AvgIpc) is 2.43. The second kappa shape index (κ2) is 2.88. The first-order valence-corrected chi connectivity index (χ1v) is 4.36. The van der Waals surface area contributed by atoms with Crippen LogP contribution in [0, 0.1) is 4.77 Å². The molecule has 0 unspecified atom stereocenters. The van der Waals surface area contributed by atoms with E-state index >= 15 is 0 Å². The lowest BCUT2D eigenvalue weighted by atomic mass is 10.3. The van der Waals surface area contributed by atoms with E-state index in [1.807, 2.05) is 29.8 Å². The summed E-state index contributed by atoms with van der Waals surface area (Å²) in [5.41, 5.74) is 2.10. The number of methoxy groups -OCH3 is 1. The van der Waals surface area contributed by atoms with Gasteiger partial charge in [-0.1, -0.05) is 0 Å². The zero-order chi connectivity index (χ0) is 9.42. The Bertz CT molecular complexity index is 498. The molecule has 0 bridgehead atoms. The number of rotatable bonds is 1. The van der Waals surface area contributed by atoms with Gasteiger partial charge in [0.15, 0.2) is 4.77 Å². The van der Waals surface area contributed by atoms with Crippen molar-refractivity contribution in [3.8, 4) is 5.75 Å². The minimum Gasteiger partial charge on any atom is -0.497 e. The molecule has 0 aliphatic carbocycles. The molecule has 0 saturated heterocycles. The lowest BCUT2D eigenvalue weighted by Gasteiger charge is -1.99. The van der Waals surface area contributed by atoms with Crippen LogP contribution in [0.3, 0.4) is 0 Å². The molecule has 2 aromatic rings. The summed E-state index contributed by atoms with van der Waals surface area (Å²) in [5.74, 6) is 0.845. The summed E-state index contributed by atoms with van der Waals surface area (Å²) < 4.78 is 7.77. The summed E-state index contributed by atoms with van der Waals surface area (Å²) in [6, 6.07) is 5.83. The van der Waals surface area contributed by atoms with Gasteiger partial charge in [0, 0.05) is 13.1 Å². The van der Waals surface area contributed by atoms with Crippen LogP contribution in [-0.2, 0) is 7.05 Å². The number of H-pyrrole nitrogens is 1. The fourth-order valence-electron chi connectivity index (χ4n) is 1.33. The highest BCUT2D eigenvalue weighted by molar-refractivity contribution is 7.71. The molecule has 4 heteroatoms. The molecule has 0 saturated carbocycles. The van der Waals surface area contributed by atoms with Gasteiger partial charge < -0.3 is 14.3 Å². The second-order valence-corrected chi connectivity index (χ2v) is 3.26. The van der Waals surface area contributed by atoms with E-state index < -0.39 is 0 Å². The standard InChI is InChI=1S/C9H10N2OS/c1-11-8-5-6(12-2)3-4-7(8)10-9(11)13/h3-5H,1-2H3,(H,10,13). The third-order valence-corrected chi connectivity index (χ3v) is 2.49. The largest absolute Gasteiger partial charge is 0.497 e. The molecule has 1 heterocycles. The van der Waals surface area contributed by atoms with Crippen LogP contribution in [0.5, 0.6) is 5.75 Å². The lowest BCUT2D eigenvalue weighted by molar-refractivity contribution is 0.415. The quantitative estimate of drug-likeness (QED) is 0.706. The first-order valence-electron chi connectivity index (χ1n) is 3.95. The van der Waals surface area contributed by atoms with Crippen molar-refractivity contribution in [1.29, 1.82) is 0 Å². The van der Waals surface area contributed by atoms with Crippen LogP contribution in [0.15, 0.2) is 18.2 Å². The number of fused-ring (bicyclic) bond motifs is 1. The number of aromatic amines is 1. The van der Waals surface area contributed by atoms with E-state index in [0.717, 1.165) is 21.6 Å². The summed E-state index contributed by atoms with van der Waals surface area (Å²) >= 11 is 5.10. The highest BCUT2D eigenvalue weighted by Crippen LogP contribution is 2.19. The highest BCUT2D eigenvalue weighted by Gasteiger charge is 2.01. The van der Waals surface area contributed by atoms with Gasteiger partial charge in [0.2, 0.25) is 0 Å². The Labute approximate surface area is 81.0 Å². The minimum atomic E-state index is 0.725. The molecule has 13 heavy (non-hydrogen) atoms. The second-order valence-electron chi connectivity index (χ2n) is 2.87. The van der Waals surface area contributed by atoms with Crippen LogP contribution in [-0.4, -0.2) is 16.7 Å². The van der Waals surface area contributed by atoms with Gasteiger partial charge in [-0.2, -0.15) is 0 Å². The first-order chi connectivity index (χ1) is 6.22. The minimum absolute atomic E-state index is 0.725. The number of nitrogens with one attached hydrogen (secondary N) is 1. The van der Waals surface area contributed by atoms with Crippen molar-refractivity contribution in [3.05, 3.63) is 23.0 Å². The Morgan fingerprint density at radius 3 is 2.92 bits per heavy atom. The molecule has 0 fully saturated rings. The molecule has 2 rings (SSSR count). The Balaban J connectivity index is 2.82. The maximum Gasteiger partial charge on any atom is 0.177 e. The van der Waals surface area contributed by atoms with Crippen molar-refractivity contribution in [2.45, 2.75) is 0 Å². The SMILES string of the molecule is COc1ccc2[nH]c(=S)n(C)c2c1. The normalized spacial score (nSPS) is 10.6. The fraction of sp³-hybridized carbons (Fsp3) is 0.222. The van der Waals surface area contributed by atoms with E-state index in [1.165, 1.54) is 0 Å². The molecule has 0 radical (unpaired) electrons. The predicted molar refractivity (Wildman–Crippen MR) is 54.7 cm³/mol. The zero-order valence-corrected chi connectivity index (χ0v) is 8.31. The summed E-state index contributed by atoms with van der Waals surface area (Å²) in [7, 11) is 3.59. The Hall–Kier alpha value is -1.29. The van der Waals surface area contributed by atoms with Crippen molar-refractivity contribution in [2.24, 2.45) is 7.05 Å². The van der Waals surface area contributed by atoms with Crippen LogP contribution < -0.4 is 4.74 Å². The third kappa shape index (κ3) is 1.23.